The SMILES string of the molecule is C1=C(c2cccc3cccnc23)CC2CCCC1N2Cc1ccccc1. The molecule has 0 amide bonds. The highest BCUT2D eigenvalue weighted by Crippen LogP contribution is 2.39. The molecule has 2 bridgehead atoms. The number of fused-ring (bicyclic) bond motifs is 3. The number of piperidine rings is 1. The lowest BCUT2D eigenvalue weighted by Gasteiger charge is -2.45. The number of aromatic nitrogens is 1. The van der Waals surface area contributed by atoms with Gasteiger partial charge in [-0.3, -0.25) is 9.88 Å². The quantitative estimate of drug-likeness (QED) is 0.630. The molecule has 5 rings (SSSR count). The summed E-state index contributed by atoms with van der Waals surface area (Å²) in [5.74, 6) is 0. The van der Waals surface area contributed by atoms with Crippen LogP contribution in [0.1, 0.15) is 36.8 Å². The highest BCUT2D eigenvalue weighted by atomic mass is 15.2. The summed E-state index contributed by atoms with van der Waals surface area (Å²) in [6, 6.07) is 22.9. The second-order valence-electron chi connectivity index (χ2n) is 7.59. The van der Waals surface area contributed by atoms with Crippen LogP contribution in [0.15, 0.2) is 72.9 Å². The molecule has 1 saturated heterocycles. The summed E-state index contributed by atoms with van der Waals surface area (Å²) in [6.45, 7) is 1.06. The number of pyridine rings is 1. The summed E-state index contributed by atoms with van der Waals surface area (Å²) >= 11 is 0. The third-order valence-corrected chi connectivity index (χ3v) is 5.97. The molecule has 1 fully saturated rings. The van der Waals surface area contributed by atoms with Crippen LogP contribution >= 0.6 is 0 Å². The van der Waals surface area contributed by atoms with Crippen molar-refractivity contribution in [1.29, 1.82) is 0 Å². The molecule has 2 unspecified atom stereocenters. The first-order chi connectivity index (χ1) is 12.9. The maximum atomic E-state index is 4.68. The predicted octanol–water partition coefficient (Wildman–Crippen LogP) is 5.45. The Morgan fingerprint density at radius 3 is 2.69 bits per heavy atom. The van der Waals surface area contributed by atoms with Crippen LogP contribution in [-0.2, 0) is 6.54 Å². The molecule has 3 heterocycles. The van der Waals surface area contributed by atoms with Gasteiger partial charge in [0.25, 0.3) is 0 Å². The molecule has 3 aromatic rings. The van der Waals surface area contributed by atoms with Gasteiger partial charge in [0, 0.05) is 35.8 Å². The molecule has 26 heavy (non-hydrogen) atoms. The molecule has 2 aliphatic rings. The van der Waals surface area contributed by atoms with E-state index in [2.05, 4.69) is 70.6 Å². The average molecular weight is 340 g/mol. The highest BCUT2D eigenvalue weighted by molar-refractivity contribution is 5.91. The summed E-state index contributed by atoms with van der Waals surface area (Å²) in [6.07, 6.45) is 9.50. The molecule has 130 valence electrons. The fourth-order valence-corrected chi connectivity index (χ4v) is 4.72. The van der Waals surface area contributed by atoms with Crippen molar-refractivity contribution in [3.63, 3.8) is 0 Å². The van der Waals surface area contributed by atoms with Gasteiger partial charge >= 0.3 is 0 Å². The first kappa shape index (κ1) is 15.8. The molecular formula is C24H24N2. The summed E-state index contributed by atoms with van der Waals surface area (Å²) in [4.78, 5) is 7.41. The summed E-state index contributed by atoms with van der Waals surface area (Å²) in [5.41, 5.74) is 5.40. The van der Waals surface area contributed by atoms with E-state index in [1.807, 2.05) is 12.3 Å². The van der Waals surface area contributed by atoms with Gasteiger partial charge in [0.15, 0.2) is 0 Å². The molecule has 1 aromatic heterocycles. The molecule has 2 atom stereocenters. The minimum atomic E-state index is 0.552. The fraction of sp³-hybridized carbons (Fsp3) is 0.292. The Morgan fingerprint density at radius 2 is 1.81 bits per heavy atom. The van der Waals surface area contributed by atoms with Gasteiger partial charge in [-0.25, -0.2) is 0 Å². The Labute approximate surface area is 155 Å². The average Bonchev–Trinajstić information content (AvgIpc) is 2.68. The summed E-state index contributed by atoms with van der Waals surface area (Å²) < 4.78 is 0. The van der Waals surface area contributed by atoms with Crippen LogP contribution < -0.4 is 0 Å². The van der Waals surface area contributed by atoms with E-state index in [0.29, 0.717) is 12.1 Å². The van der Waals surface area contributed by atoms with Crippen LogP contribution in [-0.4, -0.2) is 22.0 Å². The number of hydrogen-bond donors (Lipinski definition) is 0. The molecule has 0 saturated carbocycles. The summed E-state index contributed by atoms with van der Waals surface area (Å²) in [5, 5.41) is 1.24. The fourth-order valence-electron chi connectivity index (χ4n) is 4.72. The first-order valence-electron chi connectivity index (χ1n) is 9.73. The Balaban J connectivity index is 1.50. The number of para-hydroxylation sites is 1. The van der Waals surface area contributed by atoms with Gasteiger partial charge in [-0.15, -0.1) is 0 Å². The maximum Gasteiger partial charge on any atom is 0.0776 e. The Hall–Kier alpha value is -2.45. The first-order valence-corrected chi connectivity index (χ1v) is 9.73. The van der Waals surface area contributed by atoms with Crippen LogP contribution in [0.25, 0.3) is 16.5 Å². The number of hydrogen-bond acceptors (Lipinski definition) is 2. The molecule has 0 N–H and O–H groups in total. The lowest BCUT2D eigenvalue weighted by Crippen LogP contribution is -2.47. The third kappa shape index (κ3) is 2.85. The lowest BCUT2D eigenvalue weighted by atomic mass is 9.82. The van der Waals surface area contributed by atoms with Gasteiger partial charge < -0.3 is 0 Å². The monoisotopic (exact) mass is 340 g/mol. The molecule has 0 radical (unpaired) electrons. The molecular weight excluding hydrogens is 316 g/mol. The van der Waals surface area contributed by atoms with Crippen LogP contribution in [0.4, 0.5) is 0 Å². The van der Waals surface area contributed by atoms with E-state index in [9.17, 15) is 0 Å². The smallest absolute Gasteiger partial charge is 0.0776 e. The van der Waals surface area contributed by atoms with E-state index in [1.165, 1.54) is 41.3 Å². The normalized spacial score (nSPS) is 23.0. The van der Waals surface area contributed by atoms with E-state index in [-0.39, 0.29) is 0 Å². The zero-order valence-corrected chi connectivity index (χ0v) is 15.0. The van der Waals surface area contributed by atoms with Crippen molar-refractivity contribution in [2.75, 3.05) is 0 Å². The predicted molar refractivity (Wildman–Crippen MR) is 108 cm³/mol. The highest BCUT2D eigenvalue weighted by Gasteiger charge is 2.34. The van der Waals surface area contributed by atoms with Gasteiger partial charge in [0.05, 0.1) is 5.52 Å². The van der Waals surface area contributed by atoms with Crippen LogP contribution in [0.2, 0.25) is 0 Å². The maximum absolute atomic E-state index is 4.68. The molecule has 2 aliphatic heterocycles. The molecule has 2 aromatic carbocycles. The zero-order valence-electron chi connectivity index (χ0n) is 15.0. The second-order valence-corrected chi connectivity index (χ2v) is 7.59. The Kier molecular flexibility index (Phi) is 4.06. The second kappa shape index (κ2) is 6.69. The van der Waals surface area contributed by atoms with E-state index in [4.69, 9.17) is 0 Å². The third-order valence-electron chi connectivity index (χ3n) is 5.97. The standard InChI is InChI=1S/C24H24N2/c1-2-7-18(8-3-1)17-26-21-11-5-12-22(26)16-20(15-21)23-13-4-9-19-10-6-14-25-24(19)23/h1-4,6-10,13-15,21-22H,5,11-12,16-17H2. The van der Waals surface area contributed by atoms with E-state index >= 15 is 0 Å². The van der Waals surface area contributed by atoms with Gasteiger partial charge in [-0.2, -0.15) is 0 Å². The van der Waals surface area contributed by atoms with Gasteiger partial charge in [-0.05, 0) is 36.5 Å². The van der Waals surface area contributed by atoms with E-state index < -0.39 is 0 Å². The van der Waals surface area contributed by atoms with Crippen molar-refractivity contribution in [2.24, 2.45) is 0 Å². The largest absolute Gasteiger partial charge is 0.289 e. The number of benzene rings is 2. The van der Waals surface area contributed by atoms with Gasteiger partial charge in [-0.1, -0.05) is 67.1 Å². The van der Waals surface area contributed by atoms with Gasteiger partial charge in [0.2, 0.25) is 0 Å². The molecule has 2 nitrogen and oxygen atoms in total. The molecule has 0 aliphatic carbocycles. The van der Waals surface area contributed by atoms with E-state index in [0.717, 1.165) is 18.5 Å². The minimum Gasteiger partial charge on any atom is -0.289 e. The van der Waals surface area contributed by atoms with Crippen molar-refractivity contribution in [3.8, 4) is 0 Å². The van der Waals surface area contributed by atoms with Crippen LogP contribution in [0.3, 0.4) is 0 Å². The minimum absolute atomic E-state index is 0.552. The van der Waals surface area contributed by atoms with Crippen LogP contribution in [0, 0.1) is 0 Å². The number of nitrogens with zero attached hydrogens (tertiary/aromatic N) is 2. The molecule has 0 spiro atoms. The Bertz CT molecular complexity index is 939. The molecule has 2 heteroatoms. The van der Waals surface area contributed by atoms with Crippen molar-refractivity contribution in [2.45, 2.75) is 44.3 Å². The van der Waals surface area contributed by atoms with Crippen molar-refractivity contribution in [3.05, 3.63) is 84.1 Å². The van der Waals surface area contributed by atoms with Crippen molar-refractivity contribution in [1.82, 2.24) is 9.88 Å². The van der Waals surface area contributed by atoms with Crippen molar-refractivity contribution < 1.29 is 0 Å². The zero-order chi connectivity index (χ0) is 17.3. The summed E-state index contributed by atoms with van der Waals surface area (Å²) in [7, 11) is 0. The topological polar surface area (TPSA) is 16.1 Å². The van der Waals surface area contributed by atoms with E-state index in [1.54, 1.807) is 0 Å². The number of rotatable bonds is 3. The van der Waals surface area contributed by atoms with Crippen molar-refractivity contribution >= 4 is 16.5 Å². The lowest BCUT2D eigenvalue weighted by molar-refractivity contribution is 0.0951. The Morgan fingerprint density at radius 1 is 0.923 bits per heavy atom. The van der Waals surface area contributed by atoms with Gasteiger partial charge in [0.1, 0.15) is 0 Å². The van der Waals surface area contributed by atoms with Crippen LogP contribution in [0.5, 0.6) is 0 Å².